The van der Waals surface area contributed by atoms with Crippen molar-refractivity contribution in [1.82, 2.24) is 0 Å². The van der Waals surface area contributed by atoms with Gasteiger partial charge in [-0.2, -0.15) is 0 Å². The minimum absolute atomic E-state index is 0.154. The van der Waals surface area contributed by atoms with Crippen molar-refractivity contribution >= 4 is 0 Å². The van der Waals surface area contributed by atoms with Crippen LogP contribution >= 0.6 is 0 Å². The van der Waals surface area contributed by atoms with Crippen molar-refractivity contribution < 1.29 is 42.9 Å². The molecule has 0 amide bonds. The molecule has 0 fully saturated rings. The SMILES string of the molecule is C[CH](O)[Ta]([Ta])[CH](C)O. The number of hydrogen-bond acceptors (Lipinski definition) is 2. The molecule has 2 unspecified atom stereocenters. The molecule has 0 aliphatic rings. The fourth-order valence-corrected chi connectivity index (χ4v) is 2.56. The fraction of sp³-hybridized carbons (Fsp3) is 1.00. The molecular formula is C4H10O2Ta2. The van der Waals surface area contributed by atoms with Crippen molar-refractivity contribution in [2.45, 2.75) is 22.5 Å². The maximum absolute atomic E-state index is 8.95. The third-order valence-corrected chi connectivity index (χ3v) is 25.9. The number of hydrogen-bond donors (Lipinski definition) is 2. The van der Waals surface area contributed by atoms with Crippen LogP contribution in [0, 0.1) is 0 Å². The molecule has 0 bridgehead atoms. The zero-order valence-electron chi connectivity index (χ0n) is 4.94. The molecule has 0 rings (SSSR count). The third kappa shape index (κ3) is 3.43. The molecule has 2 nitrogen and oxygen atoms in total. The van der Waals surface area contributed by atoms with Crippen LogP contribution in [0.25, 0.3) is 0 Å². The van der Waals surface area contributed by atoms with Gasteiger partial charge in [-0.15, -0.1) is 0 Å². The van der Waals surface area contributed by atoms with E-state index in [0.717, 1.165) is 0 Å². The normalized spacial score (nSPS) is 18.6. The summed E-state index contributed by atoms with van der Waals surface area (Å²) in [5.41, 5.74) is 0. The summed E-state index contributed by atoms with van der Waals surface area (Å²) in [6.45, 7) is 3.59. The van der Waals surface area contributed by atoms with E-state index in [2.05, 4.69) is 0 Å². The predicted octanol–water partition coefficient (Wildman–Crippen LogP) is -0.257. The van der Waals surface area contributed by atoms with Crippen LogP contribution in [0.5, 0.6) is 0 Å². The molecule has 4 heteroatoms. The second-order valence-corrected chi connectivity index (χ2v) is 23.3. The molecule has 2 N–H and O–H groups in total. The Labute approximate surface area is 65.0 Å². The summed E-state index contributed by atoms with van der Waals surface area (Å²) in [6, 6.07) is 0. The summed E-state index contributed by atoms with van der Waals surface area (Å²) >= 11 is -0.442. The molecule has 0 aromatic heterocycles. The van der Waals surface area contributed by atoms with Crippen LogP contribution in [-0.2, 0) is 32.7 Å². The van der Waals surface area contributed by atoms with Gasteiger partial charge in [0.15, 0.2) is 0 Å². The van der Waals surface area contributed by atoms with Gasteiger partial charge >= 0.3 is 65.4 Å². The van der Waals surface area contributed by atoms with E-state index >= 15 is 0 Å². The minimum atomic E-state index is -1.70. The van der Waals surface area contributed by atoms with Gasteiger partial charge < -0.3 is 0 Å². The van der Waals surface area contributed by atoms with Crippen LogP contribution in [0.3, 0.4) is 0 Å². The molecule has 0 aliphatic heterocycles. The van der Waals surface area contributed by atoms with Crippen molar-refractivity contribution in [3.05, 3.63) is 0 Å². The second-order valence-electron chi connectivity index (χ2n) is 1.64. The molecule has 0 spiro atoms. The summed E-state index contributed by atoms with van der Waals surface area (Å²) in [4.78, 5) is 0. The van der Waals surface area contributed by atoms with Gasteiger partial charge in [-0.1, -0.05) is 0 Å². The molecule has 0 aliphatic carbocycles. The fourth-order valence-electron chi connectivity index (χ4n) is 0.312. The molecule has 8 heavy (non-hydrogen) atoms. The van der Waals surface area contributed by atoms with Crippen molar-refractivity contribution in [2.24, 2.45) is 0 Å². The summed E-state index contributed by atoms with van der Waals surface area (Å²) in [5, 5.41) is 17.9. The van der Waals surface area contributed by atoms with Crippen LogP contribution in [0.4, 0.5) is 0 Å². The second kappa shape index (κ2) is 4.25. The van der Waals surface area contributed by atoms with E-state index in [4.69, 9.17) is 10.2 Å². The van der Waals surface area contributed by atoms with Gasteiger partial charge in [0.2, 0.25) is 0 Å². The Hall–Kier alpha value is 1.40. The van der Waals surface area contributed by atoms with Gasteiger partial charge in [0, 0.05) is 0 Å². The molecule has 0 heterocycles. The molecule has 0 saturated heterocycles. The average molecular weight is 452 g/mol. The van der Waals surface area contributed by atoms with E-state index in [0.29, 0.717) is 0 Å². The van der Waals surface area contributed by atoms with Gasteiger partial charge in [0.1, 0.15) is 0 Å². The van der Waals surface area contributed by atoms with Crippen LogP contribution < -0.4 is 0 Å². The molecule has 0 radical (unpaired) electrons. The van der Waals surface area contributed by atoms with E-state index in [1.165, 1.54) is 17.6 Å². The zero-order valence-corrected chi connectivity index (χ0v) is 11.4. The van der Waals surface area contributed by atoms with Gasteiger partial charge in [0.25, 0.3) is 0 Å². The van der Waals surface area contributed by atoms with Crippen molar-refractivity contribution in [1.29, 1.82) is 0 Å². The van der Waals surface area contributed by atoms with Gasteiger partial charge in [0.05, 0.1) is 0 Å². The van der Waals surface area contributed by atoms with Crippen molar-refractivity contribution in [3.63, 3.8) is 0 Å². The van der Waals surface area contributed by atoms with E-state index in [1.54, 1.807) is 13.8 Å². The first kappa shape index (κ1) is 9.40. The first-order chi connectivity index (χ1) is 3.55. The summed E-state index contributed by atoms with van der Waals surface area (Å²) < 4.78 is -0.309. The molecule has 0 saturated carbocycles. The molecule has 0 aromatic carbocycles. The summed E-state index contributed by atoms with van der Waals surface area (Å²) in [7, 11) is 0. The Bertz CT molecular complexity index is 57.1. The van der Waals surface area contributed by atoms with Gasteiger partial charge in [-0.25, -0.2) is 0 Å². The van der Waals surface area contributed by atoms with Crippen molar-refractivity contribution in [3.8, 4) is 0 Å². The van der Waals surface area contributed by atoms with Crippen LogP contribution in [0.1, 0.15) is 13.8 Å². The monoisotopic (exact) mass is 452 g/mol. The average Bonchev–Trinajstić information content (AvgIpc) is 1.64. The molecular weight excluding hydrogens is 442 g/mol. The van der Waals surface area contributed by atoms with Crippen LogP contribution in [-0.4, -0.2) is 18.9 Å². The molecule has 2 atom stereocenters. The van der Waals surface area contributed by atoms with Gasteiger partial charge in [-0.3, -0.25) is 0 Å². The number of aliphatic hydroxyl groups excluding tert-OH is 2. The van der Waals surface area contributed by atoms with E-state index in [9.17, 15) is 0 Å². The van der Waals surface area contributed by atoms with E-state index in [-0.39, 0.29) is 8.64 Å². The number of aliphatic hydroxyl groups is 2. The summed E-state index contributed by atoms with van der Waals surface area (Å²) in [6.07, 6.45) is 0. The first-order valence-electron chi connectivity index (χ1n) is 2.39. The Morgan fingerprint density at radius 3 is 1.50 bits per heavy atom. The van der Waals surface area contributed by atoms with Crippen LogP contribution in [0.2, 0.25) is 0 Å². The molecule has 48 valence electrons. The van der Waals surface area contributed by atoms with Crippen molar-refractivity contribution in [2.75, 3.05) is 0 Å². The Morgan fingerprint density at radius 2 is 1.50 bits per heavy atom. The number of rotatable bonds is 2. The van der Waals surface area contributed by atoms with Crippen LogP contribution in [0.15, 0.2) is 0 Å². The predicted molar refractivity (Wildman–Crippen MR) is 23.4 cm³/mol. The topological polar surface area (TPSA) is 40.5 Å². The Kier molecular flexibility index (Phi) is 5.00. The first-order valence-corrected chi connectivity index (χ1v) is 19.3. The third-order valence-electron chi connectivity index (χ3n) is 0.766. The van der Waals surface area contributed by atoms with Gasteiger partial charge in [-0.05, 0) is 0 Å². The summed E-state index contributed by atoms with van der Waals surface area (Å²) in [5.74, 6) is 0. The van der Waals surface area contributed by atoms with E-state index in [1.807, 2.05) is 0 Å². The standard InChI is InChI=1S/2C2H5O.2Ta/c2*1-2-3;;/h2*2-3H,1H3;;. The Morgan fingerprint density at radius 1 is 1.25 bits per heavy atom. The maximum atomic E-state index is 8.95. The molecule has 0 aromatic rings. The zero-order chi connectivity index (χ0) is 6.73. The quantitative estimate of drug-likeness (QED) is 0.607. The Balaban J connectivity index is 3.46. The van der Waals surface area contributed by atoms with E-state index < -0.39 is 15.0 Å².